The Labute approximate surface area is 168 Å². The van der Waals surface area contributed by atoms with Crippen LogP contribution in [0.3, 0.4) is 0 Å². The number of nitrogens with zero attached hydrogens (tertiary/aromatic N) is 1. The quantitative estimate of drug-likeness (QED) is 0.648. The van der Waals surface area contributed by atoms with Crippen LogP contribution in [0.4, 0.5) is 0 Å². The number of ether oxygens (including phenoxy) is 3. The Kier molecular flexibility index (Phi) is 6.26. The predicted molar refractivity (Wildman–Crippen MR) is 104 cm³/mol. The second kappa shape index (κ2) is 8.68. The molecule has 0 saturated heterocycles. The zero-order chi connectivity index (χ0) is 21.0. The highest BCUT2D eigenvalue weighted by atomic mass is 32.2. The third-order valence-electron chi connectivity index (χ3n) is 4.18. The van der Waals surface area contributed by atoms with Crippen molar-refractivity contribution in [2.24, 2.45) is 0 Å². The molecule has 9 nitrogen and oxygen atoms in total. The van der Waals surface area contributed by atoms with Crippen molar-refractivity contribution >= 4 is 15.9 Å². The molecule has 0 radical (unpaired) electrons. The van der Waals surface area contributed by atoms with E-state index in [0.29, 0.717) is 17.2 Å². The Bertz CT molecular complexity index is 975. The first-order valence-corrected chi connectivity index (χ1v) is 10.2. The van der Waals surface area contributed by atoms with Crippen LogP contribution in [0.15, 0.2) is 47.4 Å². The van der Waals surface area contributed by atoms with E-state index in [4.69, 9.17) is 14.2 Å². The standard InChI is InChI=1S/C19H22N2O7S/c1-21(2)29(24,25)16-6-3-13(4-7-16)19(23)20-10-14(22)11-26-15-5-8-17-18(9-15)28-12-27-17/h3-9,14,22H,10-12H2,1-2H3,(H,20,23). The van der Waals surface area contributed by atoms with E-state index in [-0.39, 0.29) is 30.4 Å². The van der Waals surface area contributed by atoms with Crippen LogP contribution in [-0.2, 0) is 10.0 Å². The molecule has 156 valence electrons. The topological polar surface area (TPSA) is 114 Å². The number of nitrogens with one attached hydrogen (secondary N) is 1. The van der Waals surface area contributed by atoms with Crippen molar-refractivity contribution in [3.05, 3.63) is 48.0 Å². The molecule has 1 atom stereocenters. The van der Waals surface area contributed by atoms with Gasteiger partial charge in [-0.15, -0.1) is 0 Å². The van der Waals surface area contributed by atoms with Crippen molar-refractivity contribution in [1.29, 1.82) is 0 Å². The minimum Gasteiger partial charge on any atom is -0.491 e. The van der Waals surface area contributed by atoms with Crippen molar-refractivity contribution in [3.8, 4) is 17.2 Å². The average Bonchev–Trinajstić information content (AvgIpc) is 3.18. The monoisotopic (exact) mass is 422 g/mol. The summed E-state index contributed by atoms with van der Waals surface area (Å²) in [7, 11) is -0.687. The predicted octanol–water partition coefficient (Wildman–Crippen LogP) is 0.835. The molecular weight excluding hydrogens is 400 g/mol. The highest BCUT2D eigenvalue weighted by molar-refractivity contribution is 7.89. The second-order valence-electron chi connectivity index (χ2n) is 6.50. The summed E-state index contributed by atoms with van der Waals surface area (Å²) in [5, 5.41) is 12.6. The number of rotatable bonds is 8. The fourth-order valence-electron chi connectivity index (χ4n) is 2.52. The Morgan fingerprint density at radius 3 is 2.55 bits per heavy atom. The van der Waals surface area contributed by atoms with Crippen LogP contribution in [0.5, 0.6) is 17.2 Å². The molecule has 0 spiro atoms. The first-order chi connectivity index (χ1) is 13.8. The van der Waals surface area contributed by atoms with E-state index in [1.54, 1.807) is 18.2 Å². The third kappa shape index (κ3) is 4.97. The van der Waals surface area contributed by atoms with Crippen molar-refractivity contribution in [2.45, 2.75) is 11.0 Å². The third-order valence-corrected chi connectivity index (χ3v) is 6.01. The molecule has 1 aliphatic heterocycles. The molecule has 1 unspecified atom stereocenters. The largest absolute Gasteiger partial charge is 0.491 e. The van der Waals surface area contributed by atoms with Gasteiger partial charge in [-0.2, -0.15) is 0 Å². The normalized spacial score (nSPS) is 13.9. The van der Waals surface area contributed by atoms with Gasteiger partial charge in [0, 0.05) is 32.3 Å². The summed E-state index contributed by atoms with van der Waals surface area (Å²) >= 11 is 0. The maximum atomic E-state index is 12.2. The van der Waals surface area contributed by atoms with Gasteiger partial charge in [-0.05, 0) is 36.4 Å². The van der Waals surface area contributed by atoms with Gasteiger partial charge in [0.15, 0.2) is 11.5 Å². The SMILES string of the molecule is CN(C)S(=O)(=O)c1ccc(C(=O)NCC(O)COc2ccc3c(c2)OCO3)cc1. The number of carbonyl (C=O) groups excluding carboxylic acids is 1. The molecule has 1 heterocycles. The maximum Gasteiger partial charge on any atom is 0.251 e. The molecule has 29 heavy (non-hydrogen) atoms. The van der Waals surface area contributed by atoms with E-state index in [0.717, 1.165) is 4.31 Å². The lowest BCUT2D eigenvalue weighted by molar-refractivity contribution is 0.0843. The zero-order valence-electron chi connectivity index (χ0n) is 16.0. The first-order valence-electron chi connectivity index (χ1n) is 8.78. The van der Waals surface area contributed by atoms with Crippen molar-refractivity contribution in [1.82, 2.24) is 9.62 Å². The van der Waals surface area contributed by atoms with Gasteiger partial charge in [0.25, 0.3) is 5.91 Å². The van der Waals surface area contributed by atoms with Crippen molar-refractivity contribution < 1.29 is 32.5 Å². The van der Waals surface area contributed by atoms with Crippen LogP contribution in [0.25, 0.3) is 0 Å². The lowest BCUT2D eigenvalue weighted by Crippen LogP contribution is -2.35. The highest BCUT2D eigenvalue weighted by Crippen LogP contribution is 2.35. The molecule has 2 aromatic carbocycles. The van der Waals surface area contributed by atoms with Crippen LogP contribution >= 0.6 is 0 Å². The Morgan fingerprint density at radius 2 is 1.86 bits per heavy atom. The molecule has 2 N–H and O–H groups in total. The van der Waals surface area contributed by atoms with Crippen LogP contribution in [0.1, 0.15) is 10.4 Å². The summed E-state index contributed by atoms with van der Waals surface area (Å²) in [5.74, 6) is 1.29. The lowest BCUT2D eigenvalue weighted by Gasteiger charge is -2.14. The van der Waals surface area contributed by atoms with Gasteiger partial charge in [0.1, 0.15) is 18.5 Å². The van der Waals surface area contributed by atoms with Gasteiger partial charge >= 0.3 is 0 Å². The van der Waals surface area contributed by atoms with Gasteiger partial charge in [-0.3, -0.25) is 4.79 Å². The van der Waals surface area contributed by atoms with Gasteiger partial charge in [0.05, 0.1) is 4.90 Å². The number of aliphatic hydroxyl groups is 1. The number of hydrogen-bond donors (Lipinski definition) is 2. The molecule has 1 amide bonds. The first kappa shape index (κ1) is 20.9. The van der Waals surface area contributed by atoms with E-state index in [1.807, 2.05) is 0 Å². The molecule has 1 aliphatic rings. The average molecular weight is 422 g/mol. The van der Waals surface area contributed by atoms with Crippen LogP contribution in [-0.4, -0.2) is 63.9 Å². The second-order valence-corrected chi connectivity index (χ2v) is 8.65. The molecule has 3 rings (SSSR count). The summed E-state index contributed by atoms with van der Waals surface area (Å²) in [6.07, 6.45) is -0.933. The highest BCUT2D eigenvalue weighted by Gasteiger charge is 2.18. The Balaban J connectivity index is 1.48. The lowest BCUT2D eigenvalue weighted by atomic mass is 10.2. The van der Waals surface area contributed by atoms with Gasteiger partial charge in [-0.25, -0.2) is 12.7 Å². The van der Waals surface area contributed by atoms with Crippen LogP contribution in [0, 0.1) is 0 Å². The fourth-order valence-corrected chi connectivity index (χ4v) is 3.42. The molecule has 0 fully saturated rings. The Hall–Kier alpha value is -2.82. The number of fused-ring (bicyclic) bond motifs is 1. The number of sulfonamides is 1. The van der Waals surface area contributed by atoms with Crippen molar-refractivity contribution in [3.63, 3.8) is 0 Å². The molecular formula is C19H22N2O7S. The minimum absolute atomic E-state index is 0.0267. The van der Waals surface area contributed by atoms with E-state index in [2.05, 4.69) is 5.32 Å². The van der Waals surface area contributed by atoms with Crippen LogP contribution in [0.2, 0.25) is 0 Å². The summed E-state index contributed by atoms with van der Waals surface area (Å²) < 4.78 is 41.1. The van der Waals surface area contributed by atoms with Crippen molar-refractivity contribution in [2.75, 3.05) is 34.0 Å². The van der Waals surface area contributed by atoms with E-state index < -0.39 is 22.0 Å². The summed E-state index contributed by atoms with van der Waals surface area (Å²) in [6.45, 7) is 0.108. The summed E-state index contributed by atoms with van der Waals surface area (Å²) in [4.78, 5) is 12.3. The molecule has 2 aromatic rings. The molecule has 0 bridgehead atoms. The Morgan fingerprint density at radius 1 is 1.17 bits per heavy atom. The van der Waals surface area contributed by atoms with Gasteiger partial charge < -0.3 is 24.6 Å². The molecule has 0 aromatic heterocycles. The smallest absolute Gasteiger partial charge is 0.251 e. The van der Waals surface area contributed by atoms with Gasteiger partial charge in [-0.1, -0.05) is 0 Å². The van der Waals surface area contributed by atoms with E-state index in [1.165, 1.54) is 38.4 Å². The molecule has 10 heteroatoms. The molecule has 0 aliphatic carbocycles. The fraction of sp³-hybridized carbons (Fsp3) is 0.316. The maximum absolute atomic E-state index is 12.2. The number of benzene rings is 2. The summed E-state index contributed by atoms with van der Waals surface area (Å²) in [5.41, 5.74) is 0.284. The van der Waals surface area contributed by atoms with Gasteiger partial charge in [0.2, 0.25) is 16.8 Å². The minimum atomic E-state index is -3.55. The number of carbonyl (C=O) groups is 1. The summed E-state index contributed by atoms with van der Waals surface area (Å²) in [6, 6.07) is 10.6. The van der Waals surface area contributed by atoms with E-state index >= 15 is 0 Å². The molecule has 0 saturated carbocycles. The number of aliphatic hydroxyl groups excluding tert-OH is 1. The van der Waals surface area contributed by atoms with Crippen LogP contribution < -0.4 is 19.5 Å². The number of hydrogen-bond acceptors (Lipinski definition) is 7. The zero-order valence-corrected chi connectivity index (χ0v) is 16.8. The van der Waals surface area contributed by atoms with E-state index in [9.17, 15) is 18.3 Å². The number of amides is 1.